The Bertz CT molecular complexity index is 665. The molecule has 1 aromatic carbocycles. The molecule has 0 saturated heterocycles. The van der Waals surface area contributed by atoms with Crippen LogP contribution in [0, 0.1) is 5.41 Å². The first-order valence-electron chi connectivity index (χ1n) is 6.96. The van der Waals surface area contributed by atoms with Gasteiger partial charge in [0.05, 0.1) is 12.7 Å². The predicted molar refractivity (Wildman–Crippen MR) is 86.1 cm³/mol. The van der Waals surface area contributed by atoms with Gasteiger partial charge in [0.15, 0.2) is 0 Å². The average molecular weight is 301 g/mol. The van der Waals surface area contributed by atoms with Crippen molar-refractivity contribution in [2.45, 2.75) is 19.5 Å². The van der Waals surface area contributed by atoms with E-state index in [1.54, 1.807) is 7.11 Å². The fourth-order valence-electron chi connectivity index (χ4n) is 2.76. The summed E-state index contributed by atoms with van der Waals surface area (Å²) in [5, 5.41) is 9.83. The van der Waals surface area contributed by atoms with Gasteiger partial charge in [-0.1, -0.05) is 6.07 Å². The van der Waals surface area contributed by atoms with Crippen molar-refractivity contribution in [2.75, 3.05) is 13.7 Å². The van der Waals surface area contributed by atoms with Gasteiger partial charge in [-0.15, -0.1) is 11.3 Å². The number of nitrogens with one attached hydrogen (secondary N) is 1. The molecule has 1 aliphatic rings. The minimum absolute atomic E-state index is 0.0486. The highest BCUT2D eigenvalue weighted by molar-refractivity contribution is 7.10. The highest BCUT2D eigenvalue weighted by Crippen LogP contribution is 2.26. The monoisotopic (exact) mass is 301 g/mol. The van der Waals surface area contributed by atoms with Crippen LogP contribution in [0.2, 0.25) is 0 Å². The number of hydrogen-bond acceptors (Lipinski definition) is 4. The maximum Gasteiger partial charge on any atom is 0.129 e. The second kappa shape index (κ2) is 5.87. The Morgan fingerprint density at radius 2 is 2.29 bits per heavy atom. The third-order valence-electron chi connectivity index (χ3n) is 3.85. The van der Waals surface area contributed by atoms with Gasteiger partial charge < -0.3 is 10.5 Å². The van der Waals surface area contributed by atoms with Gasteiger partial charge in [0.2, 0.25) is 0 Å². The molecule has 0 fully saturated rings. The molecule has 1 aromatic heterocycles. The molecule has 5 heteroatoms. The molecule has 0 amide bonds. The Balaban J connectivity index is 1.77. The molecule has 0 atom stereocenters. The third kappa shape index (κ3) is 2.94. The largest absolute Gasteiger partial charge is 0.496 e. The number of methoxy groups -OCH3 is 1. The molecule has 2 heterocycles. The van der Waals surface area contributed by atoms with E-state index in [9.17, 15) is 0 Å². The number of nitrogens with two attached hydrogens (primary N) is 1. The number of rotatable bonds is 4. The lowest BCUT2D eigenvalue weighted by Crippen LogP contribution is -2.29. The smallest absolute Gasteiger partial charge is 0.129 e. The first kappa shape index (κ1) is 14.1. The van der Waals surface area contributed by atoms with E-state index >= 15 is 0 Å². The van der Waals surface area contributed by atoms with E-state index in [1.165, 1.54) is 16.0 Å². The minimum atomic E-state index is 0.0486. The van der Waals surface area contributed by atoms with E-state index in [2.05, 4.69) is 22.4 Å². The van der Waals surface area contributed by atoms with Gasteiger partial charge in [0.1, 0.15) is 11.6 Å². The van der Waals surface area contributed by atoms with Gasteiger partial charge in [-0.25, -0.2) is 0 Å². The third-order valence-corrected chi connectivity index (χ3v) is 4.87. The summed E-state index contributed by atoms with van der Waals surface area (Å²) in [4.78, 5) is 3.95. The van der Waals surface area contributed by atoms with Crippen molar-refractivity contribution < 1.29 is 4.74 Å². The van der Waals surface area contributed by atoms with Crippen molar-refractivity contribution in [3.05, 3.63) is 51.2 Å². The zero-order valence-corrected chi connectivity index (χ0v) is 12.9. The van der Waals surface area contributed by atoms with Crippen molar-refractivity contribution in [2.24, 2.45) is 5.73 Å². The second-order valence-electron chi connectivity index (χ2n) is 5.28. The molecule has 0 spiro atoms. The maximum absolute atomic E-state index is 7.66. The van der Waals surface area contributed by atoms with Crippen LogP contribution in [0.4, 0.5) is 0 Å². The first-order valence-corrected chi connectivity index (χ1v) is 7.84. The molecule has 3 rings (SSSR count). The van der Waals surface area contributed by atoms with E-state index in [0.29, 0.717) is 11.3 Å². The molecule has 110 valence electrons. The zero-order valence-electron chi connectivity index (χ0n) is 12.1. The first-order chi connectivity index (χ1) is 10.2. The fraction of sp³-hybridized carbons (Fsp3) is 0.312. The van der Waals surface area contributed by atoms with Crippen molar-refractivity contribution in [3.63, 3.8) is 0 Å². The average Bonchev–Trinajstić information content (AvgIpc) is 2.94. The Hall–Kier alpha value is -1.85. The van der Waals surface area contributed by atoms with E-state index in [1.807, 2.05) is 23.5 Å². The summed E-state index contributed by atoms with van der Waals surface area (Å²) in [7, 11) is 1.60. The molecule has 0 saturated carbocycles. The molecular weight excluding hydrogens is 282 g/mol. The fourth-order valence-corrected chi connectivity index (χ4v) is 3.65. The van der Waals surface area contributed by atoms with Crippen molar-refractivity contribution >= 4 is 17.2 Å². The van der Waals surface area contributed by atoms with Crippen LogP contribution in [0.5, 0.6) is 5.75 Å². The molecular formula is C16H19N3OS. The number of nitrogen functional groups attached to an aromatic ring is 1. The number of amidine groups is 1. The van der Waals surface area contributed by atoms with Crippen LogP contribution in [0.15, 0.2) is 29.6 Å². The van der Waals surface area contributed by atoms with E-state index in [-0.39, 0.29) is 5.84 Å². The van der Waals surface area contributed by atoms with Crippen LogP contribution in [0.3, 0.4) is 0 Å². The van der Waals surface area contributed by atoms with Crippen LogP contribution in [0.25, 0.3) is 0 Å². The molecule has 0 radical (unpaired) electrons. The molecule has 1 aliphatic heterocycles. The van der Waals surface area contributed by atoms with Crippen LogP contribution >= 0.6 is 11.3 Å². The van der Waals surface area contributed by atoms with Gasteiger partial charge in [-0.2, -0.15) is 0 Å². The topological polar surface area (TPSA) is 62.3 Å². The van der Waals surface area contributed by atoms with E-state index in [0.717, 1.165) is 26.1 Å². The normalized spacial score (nSPS) is 14.7. The van der Waals surface area contributed by atoms with Crippen LogP contribution in [-0.2, 0) is 19.5 Å². The summed E-state index contributed by atoms with van der Waals surface area (Å²) < 4.78 is 5.25. The second-order valence-corrected chi connectivity index (χ2v) is 6.28. The summed E-state index contributed by atoms with van der Waals surface area (Å²) >= 11 is 1.86. The Kier molecular flexibility index (Phi) is 3.94. The molecule has 4 nitrogen and oxygen atoms in total. The molecule has 0 unspecified atom stereocenters. The van der Waals surface area contributed by atoms with Crippen LogP contribution < -0.4 is 10.5 Å². The van der Waals surface area contributed by atoms with Gasteiger partial charge in [0.25, 0.3) is 0 Å². The van der Waals surface area contributed by atoms with Crippen LogP contribution in [-0.4, -0.2) is 24.4 Å². The maximum atomic E-state index is 7.66. The van der Waals surface area contributed by atoms with Crippen LogP contribution in [0.1, 0.15) is 21.6 Å². The number of fused-ring (bicyclic) bond motifs is 1. The van der Waals surface area contributed by atoms with E-state index < -0.39 is 0 Å². The van der Waals surface area contributed by atoms with Gasteiger partial charge >= 0.3 is 0 Å². The van der Waals surface area contributed by atoms with Gasteiger partial charge in [-0.3, -0.25) is 10.3 Å². The summed E-state index contributed by atoms with van der Waals surface area (Å²) in [6, 6.07) is 8.13. The molecule has 0 bridgehead atoms. The summed E-state index contributed by atoms with van der Waals surface area (Å²) in [5.41, 5.74) is 8.92. The number of nitrogens with zero attached hydrogens (tertiary/aromatic N) is 1. The zero-order chi connectivity index (χ0) is 14.8. The number of thiophene rings is 1. The lowest BCUT2D eigenvalue weighted by atomic mass is 10.1. The summed E-state index contributed by atoms with van der Waals surface area (Å²) in [6.45, 7) is 2.95. The minimum Gasteiger partial charge on any atom is -0.496 e. The van der Waals surface area contributed by atoms with Gasteiger partial charge in [-0.05, 0) is 41.1 Å². The standard InChI is InChI=1S/C16H19N3OS/c1-20-14-3-2-11(8-13(14)16(17)18)9-19-6-4-15-12(10-19)5-7-21-15/h2-3,5,7-8H,4,6,9-10H2,1H3,(H3,17,18). The SMILES string of the molecule is COc1ccc(CN2CCc3sccc3C2)cc1C(=N)N. The summed E-state index contributed by atoms with van der Waals surface area (Å²) in [6.07, 6.45) is 1.13. The van der Waals surface area contributed by atoms with Crippen molar-refractivity contribution in [1.82, 2.24) is 4.90 Å². The highest BCUT2D eigenvalue weighted by Gasteiger charge is 2.17. The molecule has 21 heavy (non-hydrogen) atoms. The molecule has 0 aliphatic carbocycles. The Morgan fingerprint density at radius 1 is 1.43 bits per heavy atom. The number of hydrogen-bond donors (Lipinski definition) is 2. The summed E-state index contributed by atoms with van der Waals surface area (Å²) in [5.74, 6) is 0.706. The predicted octanol–water partition coefficient (Wildman–Crippen LogP) is 2.60. The molecule has 3 N–H and O–H groups in total. The quantitative estimate of drug-likeness (QED) is 0.674. The Labute approximate surface area is 128 Å². The van der Waals surface area contributed by atoms with Crippen molar-refractivity contribution in [3.8, 4) is 5.75 Å². The Morgan fingerprint density at radius 3 is 3.05 bits per heavy atom. The van der Waals surface area contributed by atoms with Crippen molar-refractivity contribution in [1.29, 1.82) is 5.41 Å². The highest BCUT2D eigenvalue weighted by atomic mass is 32.1. The van der Waals surface area contributed by atoms with Gasteiger partial charge in [0, 0.05) is 24.5 Å². The number of ether oxygens (including phenoxy) is 1. The van der Waals surface area contributed by atoms with E-state index in [4.69, 9.17) is 15.9 Å². The lowest BCUT2D eigenvalue weighted by molar-refractivity contribution is 0.247. The lowest BCUT2D eigenvalue weighted by Gasteiger charge is -2.27. The number of benzene rings is 1. The molecule has 2 aromatic rings.